The van der Waals surface area contributed by atoms with Crippen molar-refractivity contribution in [1.82, 2.24) is 19.1 Å². The van der Waals surface area contributed by atoms with Crippen LogP contribution in [-0.4, -0.2) is 104 Å². The number of aldehydes is 2. The summed E-state index contributed by atoms with van der Waals surface area (Å²) in [7, 11) is -2.05. The fourth-order valence-electron chi connectivity index (χ4n) is 4.94. The molecule has 0 saturated carbocycles. The molecule has 4 aromatic rings. The van der Waals surface area contributed by atoms with Gasteiger partial charge in [0.1, 0.15) is 49.1 Å². The summed E-state index contributed by atoms with van der Waals surface area (Å²) in [5.41, 5.74) is 23.1. The van der Waals surface area contributed by atoms with Crippen LogP contribution in [0.2, 0.25) is 0 Å². The Morgan fingerprint density at radius 2 is 1.05 bits per heavy atom. The molecule has 0 aliphatic carbocycles. The van der Waals surface area contributed by atoms with Crippen LogP contribution in [0.4, 0.5) is 20.2 Å². The van der Waals surface area contributed by atoms with Gasteiger partial charge in [0.2, 0.25) is 0 Å². The highest BCUT2D eigenvalue weighted by atomic mass is 31.2. The van der Waals surface area contributed by atoms with E-state index < -0.39 is 40.8 Å². The fourth-order valence-corrected chi connectivity index (χ4v) is 5.42. The van der Waals surface area contributed by atoms with Gasteiger partial charge in [0, 0.05) is 50.3 Å². The van der Waals surface area contributed by atoms with Crippen molar-refractivity contribution in [2.75, 3.05) is 51.2 Å². The molecule has 0 spiro atoms. The SMILES string of the molecule is CNc1cc(CCCc2cc(NC)c(C(=O)OCCOP(O)O)cc2F)c(F)cc1C(=O)OCCOP(O)O.N/C(C=O)=C\C=C(/N)n1ccnc1.N/C(C=O)=C\C=C(/N)n1ccnc1. The van der Waals surface area contributed by atoms with E-state index in [9.17, 15) is 28.0 Å². The molecule has 0 unspecified atom stereocenters. The lowest BCUT2D eigenvalue weighted by molar-refractivity contribution is -0.105. The van der Waals surface area contributed by atoms with E-state index in [4.69, 9.17) is 52.0 Å². The Morgan fingerprint density at radius 3 is 1.35 bits per heavy atom. The predicted molar refractivity (Wildman–Crippen MR) is 237 cm³/mol. The average molecular weight is 951 g/mol. The summed E-state index contributed by atoms with van der Waals surface area (Å²) in [6, 6.07) is 4.97. The molecular formula is C39H50F2N10O12P2. The van der Waals surface area contributed by atoms with Gasteiger partial charge in [-0.3, -0.25) is 18.7 Å². The number of carbonyl (C=O) groups excluding carboxylic acids is 4. The summed E-state index contributed by atoms with van der Waals surface area (Å²) in [4.78, 5) is 87.2. The van der Waals surface area contributed by atoms with Crippen LogP contribution < -0.4 is 33.6 Å². The Bertz CT molecular complexity index is 2100. The molecule has 2 heterocycles. The van der Waals surface area contributed by atoms with Crippen LogP contribution in [-0.2, 0) is 41.0 Å². The number of carbonyl (C=O) groups is 4. The highest BCUT2D eigenvalue weighted by molar-refractivity contribution is 7.39. The Hall–Kier alpha value is -6.62. The molecule has 2 aromatic carbocycles. The van der Waals surface area contributed by atoms with Gasteiger partial charge < -0.3 is 71.7 Å². The number of esters is 2. The number of benzene rings is 2. The molecule has 0 aliphatic rings. The number of halogens is 2. The van der Waals surface area contributed by atoms with Crippen molar-refractivity contribution in [2.24, 2.45) is 22.9 Å². The number of nitrogens with two attached hydrogens (primary N) is 4. The van der Waals surface area contributed by atoms with Gasteiger partial charge in [-0.1, -0.05) is 0 Å². The lowest BCUT2D eigenvalue weighted by Gasteiger charge is -2.14. The first-order chi connectivity index (χ1) is 31.0. The topological polar surface area (TPSA) is 350 Å². The first-order valence-electron chi connectivity index (χ1n) is 18.7. The molecule has 4 rings (SSSR count). The highest BCUT2D eigenvalue weighted by Crippen LogP contribution is 2.27. The van der Waals surface area contributed by atoms with E-state index in [1.807, 2.05) is 0 Å². The monoisotopic (exact) mass is 950 g/mol. The third kappa shape index (κ3) is 20.2. The second-order valence-electron chi connectivity index (χ2n) is 12.5. The molecule has 0 bridgehead atoms. The number of rotatable bonds is 22. The van der Waals surface area contributed by atoms with E-state index in [-0.39, 0.29) is 72.9 Å². The van der Waals surface area contributed by atoms with Crippen molar-refractivity contribution < 1.29 is 66.1 Å². The van der Waals surface area contributed by atoms with E-state index in [0.29, 0.717) is 42.0 Å². The van der Waals surface area contributed by atoms with Gasteiger partial charge in [-0.25, -0.2) is 28.3 Å². The molecule has 0 fully saturated rings. The van der Waals surface area contributed by atoms with Gasteiger partial charge in [0.25, 0.3) is 0 Å². The van der Waals surface area contributed by atoms with E-state index >= 15 is 0 Å². The summed E-state index contributed by atoms with van der Waals surface area (Å²) < 4.78 is 51.7. The third-order valence-corrected chi connectivity index (χ3v) is 8.89. The zero-order valence-corrected chi connectivity index (χ0v) is 36.8. The second-order valence-corrected chi connectivity index (χ2v) is 14.0. The summed E-state index contributed by atoms with van der Waals surface area (Å²) in [6.45, 7) is -0.992. The molecule has 0 aliphatic heterocycles. The molecular weight excluding hydrogens is 900 g/mol. The minimum absolute atomic E-state index is 0.0544. The normalized spacial score (nSPS) is 11.8. The maximum atomic E-state index is 14.8. The number of hydrogen-bond donors (Lipinski definition) is 10. The number of anilines is 2. The number of nitrogens with one attached hydrogen (secondary N) is 2. The number of hydrogen-bond acceptors (Lipinski definition) is 20. The second kappa shape index (κ2) is 29.7. The molecule has 22 nitrogen and oxygen atoms in total. The third-order valence-electron chi connectivity index (χ3n) is 8.06. The standard InChI is InChI=1S/C23H30F2N2O10P2.2C8H10N4O/c1-26-20-10-14(18(24)12-16(20)22(28)34-6-8-36-38(30)31)4-3-5-15-11-21(27-2)17(13-19(15)25)23(29)35-7-9-37-39(32)33;2*9-7(5-13)1-2-8(10)12-4-3-11-6-12/h10-13,26-27,30-33H,3-9H2,1-2H3;2*1-6H,9-10H2/b;2*7-1-,8-2+. The molecule has 0 radical (unpaired) electrons. The summed E-state index contributed by atoms with van der Waals surface area (Å²) >= 11 is 0. The number of nitrogens with zero attached hydrogens (tertiary/aromatic N) is 4. The number of ether oxygens (including phenoxy) is 2. The average Bonchev–Trinajstić information content (AvgIpc) is 4.05. The largest absolute Gasteiger partial charge is 0.460 e. The summed E-state index contributed by atoms with van der Waals surface area (Å²) in [5.74, 6) is -2.06. The van der Waals surface area contributed by atoms with Gasteiger partial charge in [-0.05, 0) is 79.0 Å². The van der Waals surface area contributed by atoms with E-state index in [0.717, 1.165) is 12.1 Å². The molecule has 0 amide bonds. The summed E-state index contributed by atoms with van der Waals surface area (Å²) in [6.07, 6.45) is 17.5. The molecule has 2 aromatic heterocycles. The lowest BCUT2D eigenvalue weighted by Crippen LogP contribution is -2.13. The van der Waals surface area contributed by atoms with Crippen molar-refractivity contribution in [3.05, 3.63) is 131 Å². The van der Waals surface area contributed by atoms with E-state index in [1.54, 1.807) is 60.7 Å². The molecule has 14 N–H and O–H groups in total. The van der Waals surface area contributed by atoms with Crippen molar-refractivity contribution in [3.8, 4) is 0 Å². The quantitative estimate of drug-likeness (QED) is 0.0135. The van der Waals surface area contributed by atoms with Crippen LogP contribution in [0.3, 0.4) is 0 Å². The van der Waals surface area contributed by atoms with Gasteiger partial charge >= 0.3 is 29.1 Å². The number of aromatic nitrogens is 4. The Balaban J connectivity index is 0.000000448. The molecule has 65 heavy (non-hydrogen) atoms. The Labute approximate surface area is 373 Å². The van der Waals surface area contributed by atoms with Crippen molar-refractivity contribution >= 4 is 64.7 Å². The van der Waals surface area contributed by atoms with Crippen molar-refractivity contribution in [2.45, 2.75) is 19.3 Å². The molecule has 352 valence electrons. The minimum atomic E-state index is -2.57. The zero-order chi connectivity index (χ0) is 48.3. The summed E-state index contributed by atoms with van der Waals surface area (Å²) in [5, 5.41) is 5.61. The maximum absolute atomic E-state index is 14.8. The van der Waals surface area contributed by atoms with Gasteiger partial charge in [0.05, 0.1) is 35.7 Å². The Morgan fingerprint density at radius 1 is 0.662 bits per heavy atom. The van der Waals surface area contributed by atoms with Crippen LogP contribution in [0.5, 0.6) is 0 Å². The van der Waals surface area contributed by atoms with Crippen molar-refractivity contribution in [3.63, 3.8) is 0 Å². The lowest BCUT2D eigenvalue weighted by atomic mass is 9.99. The molecule has 26 heteroatoms. The Kier molecular flexibility index (Phi) is 24.9. The highest BCUT2D eigenvalue weighted by Gasteiger charge is 2.19. The predicted octanol–water partition coefficient (Wildman–Crippen LogP) is 2.36. The van der Waals surface area contributed by atoms with E-state index in [1.165, 1.54) is 36.4 Å². The number of allylic oxidation sites excluding steroid dienone is 6. The van der Waals surface area contributed by atoms with Gasteiger partial charge in [-0.15, -0.1) is 0 Å². The fraction of sp³-hybridized carbons (Fsp3) is 0.231. The van der Waals surface area contributed by atoms with Crippen LogP contribution in [0.15, 0.2) is 97.4 Å². The van der Waals surface area contributed by atoms with Crippen LogP contribution in [0.1, 0.15) is 38.3 Å². The van der Waals surface area contributed by atoms with Crippen molar-refractivity contribution in [1.29, 1.82) is 0 Å². The molecule has 0 saturated heterocycles. The molecule has 0 atom stereocenters. The van der Waals surface area contributed by atoms with Crippen LogP contribution >= 0.6 is 17.2 Å². The zero-order valence-electron chi connectivity index (χ0n) is 35.0. The first-order valence-corrected chi connectivity index (χ1v) is 21.1. The number of aryl methyl sites for hydroxylation is 2. The minimum Gasteiger partial charge on any atom is -0.460 e. The van der Waals surface area contributed by atoms with Gasteiger partial charge in [0.15, 0.2) is 12.6 Å². The van der Waals surface area contributed by atoms with Crippen LogP contribution in [0.25, 0.3) is 11.6 Å². The maximum Gasteiger partial charge on any atom is 0.340 e. The van der Waals surface area contributed by atoms with Gasteiger partial charge in [-0.2, -0.15) is 0 Å². The first kappa shape index (κ1) is 54.5. The van der Waals surface area contributed by atoms with Crippen LogP contribution in [0, 0.1) is 11.6 Å². The smallest absolute Gasteiger partial charge is 0.340 e. The number of imidazole rings is 2. The van der Waals surface area contributed by atoms with E-state index in [2.05, 4.69) is 29.6 Å².